The van der Waals surface area contributed by atoms with Gasteiger partial charge in [-0.1, -0.05) is 13.8 Å². The maximum Gasteiger partial charge on any atom is 0.236 e. The van der Waals surface area contributed by atoms with Crippen molar-refractivity contribution in [3.63, 3.8) is 0 Å². The van der Waals surface area contributed by atoms with Crippen LogP contribution in [-0.4, -0.2) is 86.0 Å². The second kappa shape index (κ2) is 11.8. The molecule has 1 N–H and O–H groups in total. The number of furan rings is 1. The molecule has 1 aromatic heterocycles. The molecule has 1 amide bonds. The molecule has 0 aliphatic carbocycles. The topological polar surface area (TPSA) is 64.3 Å². The molecule has 164 valence electrons. The van der Waals surface area contributed by atoms with E-state index >= 15 is 0 Å². The lowest BCUT2D eigenvalue weighted by atomic mass is 9.92. The number of rotatable bonds is 5. The van der Waals surface area contributed by atoms with Crippen molar-refractivity contribution in [3.05, 3.63) is 24.2 Å². The molecule has 7 nitrogen and oxygen atoms in total. The molecule has 0 saturated carbocycles. The Morgan fingerprint density at radius 3 is 2.45 bits per heavy atom. The summed E-state index contributed by atoms with van der Waals surface area (Å²) in [6.07, 6.45) is 3.78. The molecule has 29 heavy (non-hydrogen) atoms. The van der Waals surface area contributed by atoms with Gasteiger partial charge in [0.2, 0.25) is 5.91 Å². The van der Waals surface area contributed by atoms with Crippen LogP contribution in [0.3, 0.4) is 0 Å². The summed E-state index contributed by atoms with van der Waals surface area (Å²) in [4.78, 5) is 23.7. The summed E-state index contributed by atoms with van der Waals surface area (Å²) in [5.41, 5.74) is 0. The molecule has 2 unspecified atom stereocenters. The first-order valence-electron chi connectivity index (χ1n) is 10.5. The first kappa shape index (κ1) is 24.0. The molecule has 3 heterocycles. The number of aliphatic imine (C=N–C) groups is 1. The van der Waals surface area contributed by atoms with Gasteiger partial charge in [-0.3, -0.25) is 14.7 Å². The second-order valence-corrected chi connectivity index (χ2v) is 8.31. The molecule has 2 fully saturated rings. The number of likely N-dealkylation sites (tertiary alicyclic amines) is 1. The normalized spacial score (nSPS) is 23.6. The molecule has 0 spiro atoms. The highest BCUT2D eigenvalue weighted by Gasteiger charge is 2.27. The van der Waals surface area contributed by atoms with Gasteiger partial charge >= 0.3 is 0 Å². The SMILES string of the molecule is CN=C(NCCc1ccco1)N1CCN(CC(=O)N2CC(C)CC(C)C2)CC1.I. The van der Waals surface area contributed by atoms with Gasteiger partial charge in [-0.15, -0.1) is 24.0 Å². The lowest BCUT2D eigenvalue weighted by molar-refractivity contribution is -0.135. The van der Waals surface area contributed by atoms with E-state index in [4.69, 9.17) is 4.42 Å². The Bertz CT molecular complexity index is 634. The maximum atomic E-state index is 12.7. The molecule has 3 rings (SSSR count). The predicted octanol–water partition coefficient (Wildman–Crippen LogP) is 2.14. The molecule has 2 aliphatic rings. The van der Waals surface area contributed by atoms with E-state index in [9.17, 15) is 4.79 Å². The highest BCUT2D eigenvalue weighted by Crippen LogP contribution is 2.21. The summed E-state index contributed by atoms with van der Waals surface area (Å²) in [6.45, 7) is 11.2. The van der Waals surface area contributed by atoms with E-state index < -0.39 is 0 Å². The fourth-order valence-corrected chi connectivity index (χ4v) is 4.36. The molecule has 1 aromatic rings. The zero-order valence-corrected chi connectivity index (χ0v) is 20.3. The molecule has 0 radical (unpaired) electrons. The summed E-state index contributed by atoms with van der Waals surface area (Å²) in [5.74, 6) is 3.41. The summed E-state index contributed by atoms with van der Waals surface area (Å²) in [5, 5.41) is 3.42. The van der Waals surface area contributed by atoms with Crippen LogP contribution in [-0.2, 0) is 11.2 Å². The Morgan fingerprint density at radius 2 is 1.86 bits per heavy atom. The van der Waals surface area contributed by atoms with Gasteiger partial charge in [0.25, 0.3) is 0 Å². The number of guanidine groups is 1. The van der Waals surface area contributed by atoms with Crippen LogP contribution in [0.25, 0.3) is 0 Å². The maximum absolute atomic E-state index is 12.7. The first-order valence-corrected chi connectivity index (χ1v) is 10.5. The lowest BCUT2D eigenvalue weighted by Gasteiger charge is -2.39. The monoisotopic (exact) mass is 517 g/mol. The van der Waals surface area contributed by atoms with Crippen molar-refractivity contribution >= 4 is 35.8 Å². The molecule has 8 heteroatoms. The number of carbonyl (C=O) groups excluding carboxylic acids is 1. The van der Waals surface area contributed by atoms with Crippen LogP contribution in [0.2, 0.25) is 0 Å². The van der Waals surface area contributed by atoms with Gasteiger partial charge in [-0.2, -0.15) is 0 Å². The van der Waals surface area contributed by atoms with E-state index in [0.717, 1.165) is 64.0 Å². The van der Waals surface area contributed by atoms with Crippen molar-refractivity contribution in [2.45, 2.75) is 26.7 Å². The molecule has 2 atom stereocenters. The highest BCUT2D eigenvalue weighted by atomic mass is 127. The van der Waals surface area contributed by atoms with Gasteiger partial charge in [-0.25, -0.2) is 0 Å². The molecule has 0 bridgehead atoms. The largest absolute Gasteiger partial charge is 0.469 e. The van der Waals surface area contributed by atoms with Gasteiger partial charge in [0.1, 0.15) is 5.76 Å². The van der Waals surface area contributed by atoms with Crippen molar-refractivity contribution in [1.29, 1.82) is 0 Å². The standard InChI is InChI=1S/C21H35N5O2.HI/c1-17-13-18(2)15-26(14-17)20(27)16-24-8-10-25(11-9-24)21(22-3)23-7-6-19-5-4-12-28-19;/h4-5,12,17-18H,6-11,13-16H2,1-3H3,(H,22,23);1H. The molecular formula is C21H36IN5O2. The van der Waals surface area contributed by atoms with Crippen molar-refractivity contribution in [2.75, 3.05) is 59.4 Å². The van der Waals surface area contributed by atoms with Crippen LogP contribution in [0.4, 0.5) is 0 Å². The lowest BCUT2D eigenvalue weighted by Crippen LogP contribution is -2.55. The van der Waals surface area contributed by atoms with E-state index in [1.807, 2.05) is 19.2 Å². The summed E-state index contributed by atoms with van der Waals surface area (Å²) < 4.78 is 5.37. The fourth-order valence-electron chi connectivity index (χ4n) is 4.36. The van der Waals surface area contributed by atoms with E-state index in [0.29, 0.717) is 18.4 Å². The van der Waals surface area contributed by atoms with E-state index in [1.54, 1.807) is 6.26 Å². The van der Waals surface area contributed by atoms with Gasteiger partial charge in [0.15, 0.2) is 5.96 Å². The fraction of sp³-hybridized carbons (Fsp3) is 0.714. The average Bonchev–Trinajstić information content (AvgIpc) is 3.19. The van der Waals surface area contributed by atoms with Crippen LogP contribution >= 0.6 is 24.0 Å². The highest BCUT2D eigenvalue weighted by molar-refractivity contribution is 14.0. The Hall–Kier alpha value is -1.29. The predicted molar refractivity (Wildman–Crippen MR) is 127 cm³/mol. The third-order valence-corrected chi connectivity index (χ3v) is 5.70. The minimum Gasteiger partial charge on any atom is -0.469 e. The number of halogens is 1. The number of piperidine rings is 1. The minimum absolute atomic E-state index is 0. The summed E-state index contributed by atoms with van der Waals surface area (Å²) >= 11 is 0. The Morgan fingerprint density at radius 1 is 1.17 bits per heavy atom. The van der Waals surface area contributed by atoms with Crippen molar-refractivity contribution in [3.8, 4) is 0 Å². The molecule has 2 aliphatic heterocycles. The van der Waals surface area contributed by atoms with Crippen LogP contribution in [0.1, 0.15) is 26.0 Å². The zero-order chi connectivity index (χ0) is 19.9. The first-order chi connectivity index (χ1) is 13.5. The van der Waals surface area contributed by atoms with Gasteiger partial charge in [-0.05, 0) is 30.4 Å². The number of hydrogen-bond donors (Lipinski definition) is 1. The van der Waals surface area contributed by atoms with Crippen LogP contribution in [0.5, 0.6) is 0 Å². The molecule has 2 saturated heterocycles. The molecular weight excluding hydrogens is 481 g/mol. The van der Waals surface area contributed by atoms with E-state index in [-0.39, 0.29) is 29.9 Å². The van der Waals surface area contributed by atoms with Crippen molar-refractivity contribution < 1.29 is 9.21 Å². The van der Waals surface area contributed by atoms with Crippen LogP contribution < -0.4 is 5.32 Å². The quantitative estimate of drug-likeness (QED) is 0.369. The van der Waals surface area contributed by atoms with Crippen LogP contribution in [0, 0.1) is 11.8 Å². The Balaban J connectivity index is 0.00000300. The van der Waals surface area contributed by atoms with Gasteiger partial charge < -0.3 is 19.5 Å². The third-order valence-electron chi connectivity index (χ3n) is 5.70. The van der Waals surface area contributed by atoms with Crippen molar-refractivity contribution in [2.24, 2.45) is 16.8 Å². The minimum atomic E-state index is 0. The van der Waals surface area contributed by atoms with E-state index in [2.05, 4.69) is 38.9 Å². The molecule has 0 aromatic carbocycles. The smallest absolute Gasteiger partial charge is 0.236 e. The second-order valence-electron chi connectivity index (χ2n) is 8.31. The number of piperazine rings is 1. The van der Waals surface area contributed by atoms with Crippen LogP contribution in [0.15, 0.2) is 27.8 Å². The summed E-state index contributed by atoms with van der Waals surface area (Å²) in [7, 11) is 1.82. The average molecular weight is 517 g/mol. The zero-order valence-electron chi connectivity index (χ0n) is 18.0. The number of hydrogen-bond acceptors (Lipinski definition) is 4. The third kappa shape index (κ3) is 7.16. The van der Waals surface area contributed by atoms with Crippen molar-refractivity contribution in [1.82, 2.24) is 20.0 Å². The number of nitrogens with one attached hydrogen (secondary N) is 1. The Labute approximate surface area is 191 Å². The number of amides is 1. The summed E-state index contributed by atoms with van der Waals surface area (Å²) in [6, 6.07) is 3.90. The van der Waals surface area contributed by atoms with Gasteiger partial charge in [0, 0.05) is 59.3 Å². The van der Waals surface area contributed by atoms with Gasteiger partial charge in [0.05, 0.1) is 12.8 Å². The van der Waals surface area contributed by atoms with E-state index in [1.165, 1.54) is 6.42 Å². The Kier molecular flexibility index (Phi) is 9.74. The number of carbonyl (C=O) groups is 1. The number of nitrogens with zero attached hydrogens (tertiary/aromatic N) is 4.